The fourth-order valence-corrected chi connectivity index (χ4v) is 2.60. The van der Waals surface area contributed by atoms with E-state index >= 15 is 0 Å². The molecule has 1 unspecified atom stereocenters. The topological polar surface area (TPSA) is 12.0 Å². The molecule has 0 spiro atoms. The van der Waals surface area contributed by atoms with E-state index in [1.54, 1.807) is 0 Å². The molecule has 1 aromatic carbocycles. The Balaban J connectivity index is 2.20. The minimum absolute atomic E-state index is 0.189. The van der Waals surface area contributed by atoms with Crippen LogP contribution in [-0.2, 0) is 6.42 Å². The Morgan fingerprint density at radius 3 is 2.87 bits per heavy atom. The molecule has 1 aliphatic rings. The molecule has 2 rings (SSSR count). The normalized spacial score (nSPS) is 25.8. The highest BCUT2D eigenvalue weighted by molar-refractivity contribution is 6.42. The summed E-state index contributed by atoms with van der Waals surface area (Å²) < 4.78 is 0. The molecule has 1 heterocycles. The van der Waals surface area contributed by atoms with Gasteiger partial charge in [-0.25, -0.2) is 0 Å². The quantitative estimate of drug-likeness (QED) is 0.836. The Hall–Kier alpha value is -0.240. The van der Waals surface area contributed by atoms with Gasteiger partial charge < -0.3 is 5.32 Å². The van der Waals surface area contributed by atoms with Gasteiger partial charge in [-0.05, 0) is 44.4 Å². The predicted octanol–water partition coefficient (Wildman–Crippen LogP) is 3.68. The van der Waals surface area contributed by atoms with E-state index in [2.05, 4.69) is 18.3 Å². The first-order valence-corrected chi connectivity index (χ1v) is 6.04. The number of benzene rings is 1. The molecule has 0 amide bonds. The zero-order chi connectivity index (χ0) is 10.9. The summed E-state index contributed by atoms with van der Waals surface area (Å²) in [5, 5.41) is 4.88. The van der Waals surface area contributed by atoms with Crippen molar-refractivity contribution >= 4 is 23.2 Å². The van der Waals surface area contributed by atoms with Gasteiger partial charge in [0.25, 0.3) is 0 Å². The van der Waals surface area contributed by atoms with Crippen molar-refractivity contribution in [3.05, 3.63) is 33.8 Å². The lowest BCUT2D eigenvalue weighted by molar-refractivity contribution is 0.413. The third kappa shape index (κ3) is 2.47. The van der Waals surface area contributed by atoms with Crippen molar-refractivity contribution in [1.29, 1.82) is 0 Å². The third-order valence-corrected chi connectivity index (χ3v) is 3.93. The average molecular weight is 244 g/mol. The SMILES string of the molecule is CC1(Cc2cccc(Cl)c2Cl)CCCN1. The van der Waals surface area contributed by atoms with Crippen LogP contribution in [0.1, 0.15) is 25.3 Å². The van der Waals surface area contributed by atoms with Crippen LogP contribution in [0.5, 0.6) is 0 Å². The molecule has 0 aromatic heterocycles. The summed E-state index contributed by atoms with van der Waals surface area (Å²) >= 11 is 12.2. The highest BCUT2D eigenvalue weighted by atomic mass is 35.5. The molecule has 1 N–H and O–H groups in total. The Morgan fingerprint density at radius 1 is 1.40 bits per heavy atom. The molecule has 0 aliphatic carbocycles. The molecule has 15 heavy (non-hydrogen) atoms. The van der Waals surface area contributed by atoms with Crippen molar-refractivity contribution < 1.29 is 0 Å². The third-order valence-electron chi connectivity index (χ3n) is 3.07. The first-order chi connectivity index (χ1) is 7.11. The van der Waals surface area contributed by atoms with Gasteiger partial charge in [-0.2, -0.15) is 0 Å². The fraction of sp³-hybridized carbons (Fsp3) is 0.500. The van der Waals surface area contributed by atoms with E-state index in [-0.39, 0.29) is 5.54 Å². The molecule has 82 valence electrons. The van der Waals surface area contributed by atoms with E-state index in [1.807, 2.05) is 12.1 Å². The Labute approximate surface area is 101 Å². The minimum Gasteiger partial charge on any atom is -0.311 e. The predicted molar refractivity (Wildman–Crippen MR) is 65.8 cm³/mol. The zero-order valence-corrected chi connectivity index (χ0v) is 10.3. The molecule has 0 radical (unpaired) electrons. The lowest BCUT2D eigenvalue weighted by atomic mass is 9.91. The number of nitrogens with one attached hydrogen (secondary N) is 1. The van der Waals surface area contributed by atoms with Gasteiger partial charge in [-0.1, -0.05) is 35.3 Å². The van der Waals surface area contributed by atoms with Crippen LogP contribution in [-0.4, -0.2) is 12.1 Å². The van der Waals surface area contributed by atoms with E-state index in [1.165, 1.54) is 12.8 Å². The summed E-state index contributed by atoms with van der Waals surface area (Å²) in [6.07, 6.45) is 3.40. The molecule has 1 fully saturated rings. The van der Waals surface area contributed by atoms with E-state index in [0.29, 0.717) is 10.0 Å². The van der Waals surface area contributed by atoms with Gasteiger partial charge in [0.2, 0.25) is 0 Å². The van der Waals surface area contributed by atoms with Gasteiger partial charge in [0.1, 0.15) is 0 Å². The van der Waals surface area contributed by atoms with Crippen LogP contribution < -0.4 is 5.32 Å². The lowest BCUT2D eigenvalue weighted by Crippen LogP contribution is -2.38. The van der Waals surface area contributed by atoms with Crippen LogP contribution in [0, 0.1) is 0 Å². The van der Waals surface area contributed by atoms with Crippen molar-refractivity contribution in [2.75, 3.05) is 6.54 Å². The summed E-state index contributed by atoms with van der Waals surface area (Å²) in [4.78, 5) is 0. The Bertz CT molecular complexity index is 357. The molecule has 1 aliphatic heterocycles. The van der Waals surface area contributed by atoms with E-state index < -0.39 is 0 Å². The molecular formula is C12H15Cl2N. The second kappa shape index (κ2) is 4.32. The number of halogens is 2. The van der Waals surface area contributed by atoms with Crippen molar-refractivity contribution in [3.8, 4) is 0 Å². The number of hydrogen-bond acceptors (Lipinski definition) is 1. The lowest BCUT2D eigenvalue weighted by Gasteiger charge is -2.25. The molecule has 1 nitrogen and oxygen atoms in total. The van der Waals surface area contributed by atoms with Crippen molar-refractivity contribution in [1.82, 2.24) is 5.32 Å². The van der Waals surface area contributed by atoms with Crippen molar-refractivity contribution in [2.24, 2.45) is 0 Å². The summed E-state index contributed by atoms with van der Waals surface area (Å²) in [7, 11) is 0. The fourth-order valence-electron chi connectivity index (χ4n) is 2.21. The van der Waals surface area contributed by atoms with Crippen LogP contribution in [0.4, 0.5) is 0 Å². The van der Waals surface area contributed by atoms with E-state index in [9.17, 15) is 0 Å². The molecule has 0 bridgehead atoms. The van der Waals surface area contributed by atoms with Gasteiger partial charge in [-0.3, -0.25) is 0 Å². The molecule has 1 saturated heterocycles. The minimum atomic E-state index is 0.189. The van der Waals surface area contributed by atoms with Crippen molar-refractivity contribution in [3.63, 3.8) is 0 Å². The van der Waals surface area contributed by atoms with Crippen LogP contribution in [0.25, 0.3) is 0 Å². The van der Waals surface area contributed by atoms with Crippen molar-refractivity contribution in [2.45, 2.75) is 31.7 Å². The van der Waals surface area contributed by atoms with Crippen LogP contribution >= 0.6 is 23.2 Å². The first-order valence-electron chi connectivity index (χ1n) is 5.29. The Kier molecular flexibility index (Phi) is 3.24. The standard InChI is InChI=1S/C12H15Cl2N/c1-12(6-3-7-15-12)8-9-4-2-5-10(13)11(9)14/h2,4-5,15H,3,6-8H2,1H3. The largest absolute Gasteiger partial charge is 0.311 e. The molecule has 1 aromatic rings. The summed E-state index contributed by atoms with van der Waals surface area (Å²) in [6.45, 7) is 3.35. The van der Waals surface area contributed by atoms with Gasteiger partial charge in [0, 0.05) is 5.54 Å². The summed E-state index contributed by atoms with van der Waals surface area (Å²) in [5.41, 5.74) is 1.33. The van der Waals surface area contributed by atoms with Gasteiger partial charge in [0.15, 0.2) is 0 Å². The smallest absolute Gasteiger partial charge is 0.0624 e. The second-order valence-corrected chi connectivity index (χ2v) is 5.27. The monoisotopic (exact) mass is 243 g/mol. The second-order valence-electron chi connectivity index (χ2n) is 4.48. The molecule has 1 atom stereocenters. The van der Waals surface area contributed by atoms with Crippen LogP contribution in [0.3, 0.4) is 0 Å². The molecule has 0 saturated carbocycles. The number of hydrogen-bond donors (Lipinski definition) is 1. The van der Waals surface area contributed by atoms with Gasteiger partial charge in [0.05, 0.1) is 10.0 Å². The maximum Gasteiger partial charge on any atom is 0.0624 e. The Morgan fingerprint density at radius 2 is 2.20 bits per heavy atom. The summed E-state index contributed by atoms with van der Waals surface area (Å²) in [6, 6.07) is 5.85. The zero-order valence-electron chi connectivity index (χ0n) is 8.82. The average Bonchev–Trinajstić information content (AvgIpc) is 2.60. The maximum absolute atomic E-state index is 6.17. The highest BCUT2D eigenvalue weighted by Crippen LogP contribution is 2.31. The highest BCUT2D eigenvalue weighted by Gasteiger charge is 2.28. The van der Waals surface area contributed by atoms with Gasteiger partial charge in [-0.15, -0.1) is 0 Å². The van der Waals surface area contributed by atoms with E-state index in [0.717, 1.165) is 18.5 Å². The van der Waals surface area contributed by atoms with Gasteiger partial charge >= 0.3 is 0 Å². The van der Waals surface area contributed by atoms with Crippen LogP contribution in [0.15, 0.2) is 18.2 Å². The molecule has 3 heteroatoms. The number of rotatable bonds is 2. The molecular weight excluding hydrogens is 229 g/mol. The summed E-state index contributed by atoms with van der Waals surface area (Å²) in [5.74, 6) is 0. The first kappa shape index (κ1) is 11.3. The van der Waals surface area contributed by atoms with E-state index in [4.69, 9.17) is 23.2 Å². The van der Waals surface area contributed by atoms with Crippen LogP contribution in [0.2, 0.25) is 10.0 Å². The maximum atomic E-state index is 6.17.